The van der Waals surface area contributed by atoms with Crippen molar-refractivity contribution < 1.29 is 9.59 Å². The van der Waals surface area contributed by atoms with E-state index in [1.165, 1.54) is 33.4 Å². The molecule has 0 aliphatic heterocycles. The van der Waals surface area contributed by atoms with Gasteiger partial charge in [-0.1, -0.05) is 86.6 Å². The first-order valence-electron chi connectivity index (χ1n) is 11.5. The Morgan fingerprint density at radius 2 is 0.909 bits per heavy atom. The maximum absolute atomic E-state index is 11.0. The van der Waals surface area contributed by atoms with Gasteiger partial charge in [0, 0.05) is 16.5 Å². The van der Waals surface area contributed by atoms with E-state index in [-0.39, 0.29) is 5.41 Å². The predicted molar refractivity (Wildman–Crippen MR) is 135 cm³/mol. The van der Waals surface area contributed by atoms with Crippen LogP contribution in [0.1, 0.15) is 58.5 Å². The van der Waals surface area contributed by atoms with Gasteiger partial charge in [-0.2, -0.15) is 0 Å². The summed E-state index contributed by atoms with van der Waals surface area (Å²) in [5.41, 5.74) is 11.3. The van der Waals surface area contributed by atoms with Gasteiger partial charge in [-0.05, 0) is 69.5 Å². The monoisotopic (exact) mass is 430 g/mol. The summed E-state index contributed by atoms with van der Waals surface area (Å²) in [6.45, 7) is 4.55. The first-order valence-corrected chi connectivity index (χ1v) is 11.5. The third-order valence-electron chi connectivity index (χ3n) is 7.33. The lowest BCUT2D eigenvalue weighted by atomic mass is 9.73. The Bertz CT molecular complexity index is 1240. The normalized spacial score (nSPS) is 13.3. The lowest BCUT2D eigenvalue weighted by Crippen LogP contribution is -2.23. The molecule has 0 atom stereocenters. The number of carbonyl (C=O) groups is 2. The Hall–Kier alpha value is -3.78. The lowest BCUT2D eigenvalue weighted by molar-refractivity contribution is 0.111. The summed E-state index contributed by atoms with van der Waals surface area (Å²) in [5, 5.41) is 0. The molecule has 1 aliphatic rings. The highest BCUT2D eigenvalue weighted by molar-refractivity contribution is 5.87. The second kappa shape index (κ2) is 8.29. The highest BCUT2D eigenvalue weighted by Crippen LogP contribution is 2.54. The molecule has 0 unspecified atom stereocenters. The quantitative estimate of drug-likeness (QED) is 0.293. The average molecular weight is 431 g/mol. The number of carbonyl (C=O) groups excluding carboxylic acids is 2. The van der Waals surface area contributed by atoms with Crippen molar-refractivity contribution in [3.63, 3.8) is 0 Å². The summed E-state index contributed by atoms with van der Waals surface area (Å²) in [4.78, 5) is 22.1. The molecule has 2 heteroatoms. The van der Waals surface area contributed by atoms with E-state index in [0.717, 1.165) is 36.5 Å². The number of fused-ring (bicyclic) bond motifs is 3. The molecule has 162 valence electrons. The van der Waals surface area contributed by atoms with Gasteiger partial charge in [0.15, 0.2) is 0 Å². The van der Waals surface area contributed by atoms with E-state index in [1.54, 1.807) is 0 Å². The number of benzene rings is 4. The van der Waals surface area contributed by atoms with Crippen LogP contribution in [0.2, 0.25) is 0 Å². The third-order valence-corrected chi connectivity index (χ3v) is 7.33. The van der Waals surface area contributed by atoms with Gasteiger partial charge in [0.25, 0.3) is 0 Å². The van der Waals surface area contributed by atoms with Crippen LogP contribution in [0.5, 0.6) is 0 Å². The van der Waals surface area contributed by atoms with Gasteiger partial charge in [-0.15, -0.1) is 0 Å². The van der Waals surface area contributed by atoms with Crippen molar-refractivity contribution in [3.8, 4) is 33.4 Å². The molecule has 0 bridgehead atoms. The van der Waals surface area contributed by atoms with E-state index in [9.17, 15) is 9.59 Å². The Morgan fingerprint density at radius 1 is 0.545 bits per heavy atom. The van der Waals surface area contributed by atoms with Gasteiger partial charge in [0.05, 0.1) is 0 Å². The molecule has 4 aromatic carbocycles. The van der Waals surface area contributed by atoms with Gasteiger partial charge in [-0.3, -0.25) is 9.59 Å². The minimum atomic E-state index is -0.0395. The molecule has 0 spiro atoms. The van der Waals surface area contributed by atoms with Crippen molar-refractivity contribution >= 4 is 12.6 Å². The van der Waals surface area contributed by atoms with Crippen molar-refractivity contribution in [3.05, 3.63) is 107 Å². The van der Waals surface area contributed by atoms with E-state index in [1.807, 2.05) is 48.5 Å². The van der Waals surface area contributed by atoms with Crippen LogP contribution in [0.4, 0.5) is 0 Å². The Morgan fingerprint density at radius 3 is 1.24 bits per heavy atom. The fourth-order valence-corrected chi connectivity index (χ4v) is 5.37. The summed E-state index contributed by atoms with van der Waals surface area (Å²) < 4.78 is 0. The van der Waals surface area contributed by atoms with E-state index in [2.05, 4.69) is 50.2 Å². The van der Waals surface area contributed by atoms with Gasteiger partial charge in [0.2, 0.25) is 0 Å². The summed E-state index contributed by atoms with van der Waals surface area (Å²) in [6, 6.07) is 29.2. The standard InChI is InChI=1S/C31H26O2/c1-3-31(4-2)29-17-25(23-9-5-21(19-32)6-10-23)13-15-27(29)28-16-14-26(18-30(28)31)24-11-7-22(20-33)8-12-24/h5-20H,3-4H2,1-2H3. The molecule has 33 heavy (non-hydrogen) atoms. The molecule has 2 nitrogen and oxygen atoms in total. The molecule has 0 heterocycles. The number of rotatable bonds is 6. The molecular formula is C31H26O2. The van der Waals surface area contributed by atoms with Crippen LogP contribution >= 0.6 is 0 Å². The summed E-state index contributed by atoms with van der Waals surface area (Å²) in [5.74, 6) is 0. The first-order chi connectivity index (χ1) is 16.1. The van der Waals surface area contributed by atoms with E-state index in [0.29, 0.717) is 11.1 Å². The topological polar surface area (TPSA) is 34.1 Å². The fraction of sp³-hybridized carbons (Fsp3) is 0.161. The zero-order valence-corrected chi connectivity index (χ0v) is 19.0. The number of hydrogen-bond acceptors (Lipinski definition) is 2. The minimum absolute atomic E-state index is 0.0395. The van der Waals surface area contributed by atoms with Crippen molar-refractivity contribution in [1.82, 2.24) is 0 Å². The molecule has 0 amide bonds. The van der Waals surface area contributed by atoms with Gasteiger partial charge >= 0.3 is 0 Å². The Kier molecular flexibility index (Phi) is 5.30. The van der Waals surface area contributed by atoms with E-state index >= 15 is 0 Å². The Labute approximate surface area is 194 Å². The van der Waals surface area contributed by atoms with E-state index in [4.69, 9.17) is 0 Å². The number of aldehydes is 2. The summed E-state index contributed by atoms with van der Waals surface area (Å²) in [6.07, 6.45) is 3.80. The summed E-state index contributed by atoms with van der Waals surface area (Å²) >= 11 is 0. The molecule has 0 N–H and O–H groups in total. The highest BCUT2D eigenvalue weighted by atomic mass is 16.1. The molecule has 5 rings (SSSR count). The van der Waals surface area contributed by atoms with Gasteiger partial charge < -0.3 is 0 Å². The molecule has 0 aromatic heterocycles. The van der Waals surface area contributed by atoms with E-state index < -0.39 is 0 Å². The Balaban J connectivity index is 1.63. The van der Waals surface area contributed by atoms with Crippen LogP contribution in [0, 0.1) is 0 Å². The zero-order valence-electron chi connectivity index (χ0n) is 19.0. The van der Waals surface area contributed by atoms with Crippen LogP contribution < -0.4 is 0 Å². The molecule has 0 saturated heterocycles. The van der Waals surface area contributed by atoms with Crippen molar-refractivity contribution in [1.29, 1.82) is 0 Å². The largest absolute Gasteiger partial charge is 0.298 e. The maximum Gasteiger partial charge on any atom is 0.150 e. The van der Waals surface area contributed by atoms with Crippen LogP contribution in [-0.2, 0) is 5.41 Å². The molecule has 0 saturated carbocycles. The van der Waals surface area contributed by atoms with Crippen LogP contribution in [-0.4, -0.2) is 12.6 Å². The fourth-order valence-electron chi connectivity index (χ4n) is 5.37. The third kappa shape index (κ3) is 3.34. The molecule has 4 aromatic rings. The SMILES string of the molecule is CCC1(CC)c2cc(-c3ccc(C=O)cc3)ccc2-c2ccc(-c3ccc(C=O)cc3)cc21. The average Bonchev–Trinajstić information content (AvgIpc) is 3.17. The molecule has 0 fully saturated rings. The lowest BCUT2D eigenvalue weighted by Gasteiger charge is -2.30. The molecule has 1 aliphatic carbocycles. The second-order valence-electron chi connectivity index (χ2n) is 8.79. The molecular weight excluding hydrogens is 404 g/mol. The van der Waals surface area contributed by atoms with Crippen molar-refractivity contribution in [2.75, 3.05) is 0 Å². The van der Waals surface area contributed by atoms with Crippen LogP contribution in [0.15, 0.2) is 84.9 Å². The number of hydrogen-bond donors (Lipinski definition) is 0. The van der Waals surface area contributed by atoms with Crippen LogP contribution in [0.3, 0.4) is 0 Å². The van der Waals surface area contributed by atoms with Crippen molar-refractivity contribution in [2.24, 2.45) is 0 Å². The predicted octanol–water partition coefficient (Wildman–Crippen LogP) is 7.73. The first kappa shape index (κ1) is 21.1. The van der Waals surface area contributed by atoms with Gasteiger partial charge in [0.1, 0.15) is 12.6 Å². The van der Waals surface area contributed by atoms with Crippen LogP contribution in [0.25, 0.3) is 33.4 Å². The highest BCUT2D eigenvalue weighted by Gasteiger charge is 2.40. The summed E-state index contributed by atoms with van der Waals surface area (Å²) in [7, 11) is 0. The zero-order chi connectivity index (χ0) is 23.0. The second-order valence-corrected chi connectivity index (χ2v) is 8.79. The smallest absolute Gasteiger partial charge is 0.150 e. The minimum Gasteiger partial charge on any atom is -0.298 e. The van der Waals surface area contributed by atoms with Crippen molar-refractivity contribution in [2.45, 2.75) is 32.1 Å². The maximum atomic E-state index is 11.0. The molecule has 0 radical (unpaired) electrons. The van der Waals surface area contributed by atoms with Gasteiger partial charge in [-0.25, -0.2) is 0 Å².